The van der Waals surface area contributed by atoms with Crippen molar-refractivity contribution in [1.29, 1.82) is 0 Å². The largest absolute Gasteiger partial charge is 0.481 e. The maximum Gasteiger partial charge on any atom is 0.407 e. The van der Waals surface area contributed by atoms with Crippen LogP contribution in [-0.4, -0.2) is 55.5 Å². The van der Waals surface area contributed by atoms with Gasteiger partial charge in [-0.05, 0) is 28.7 Å². The van der Waals surface area contributed by atoms with Crippen molar-refractivity contribution < 1.29 is 29.0 Å². The first-order valence-corrected chi connectivity index (χ1v) is 11.5. The summed E-state index contributed by atoms with van der Waals surface area (Å²) in [5, 5.41) is 14.8. The molecule has 0 bridgehead atoms. The third-order valence-electron chi connectivity index (χ3n) is 6.69. The summed E-state index contributed by atoms with van der Waals surface area (Å²) in [6.45, 7) is 4.25. The van der Waals surface area contributed by atoms with E-state index in [0.29, 0.717) is 6.42 Å². The molecule has 180 valence electrons. The van der Waals surface area contributed by atoms with Gasteiger partial charge in [-0.3, -0.25) is 9.59 Å². The molecular weight excluding hydrogens is 436 g/mol. The summed E-state index contributed by atoms with van der Waals surface area (Å²) in [6.07, 6.45) is -0.165. The Morgan fingerprint density at radius 3 is 2.26 bits per heavy atom. The molecule has 2 aromatic carbocycles. The monoisotopic (exact) mass is 466 g/mol. The van der Waals surface area contributed by atoms with Crippen molar-refractivity contribution in [3.05, 3.63) is 59.7 Å². The Kier molecular flexibility index (Phi) is 6.88. The molecule has 1 aliphatic heterocycles. The molecule has 0 aromatic heterocycles. The highest BCUT2D eigenvalue weighted by Crippen LogP contribution is 2.44. The highest BCUT2D eigenvalue weighted by Gasteiger charge is 2.38. The molecule has 1 aliphatic carbocycles. The normalized spacial score (nSPS) is 19.2. The van der Waals surface area contributed by atoms with E-state index in [9.17, 15) is 19.5 Å². The summed E-state index contributed by atoms with van der Waals surface area (Å²) in [5.74, 6) is -2.03. The van der Waals surface area contributed by atoms with Gasteiger partial charge in [0.15, 0.2) is 0 Å². The first-order chi connectivity index (χ1) is 16.3. The lowest BCUT2D eigenvalue weighted by atomic mass is 9.87. The molecule has 0 spiro atoms. The van der Waals surface area contributed by atoms with E-state index in [-0.39, 0.29) is 38.2 Å². The number of carboxylic acids is 1. The summed E-state index contributed by atoms with van der Waals surface area (Å²) in [5.41, 5.74) is 3.81. The fraction of sp³-hybridized carbons (Fsp3) is 0.423. The third-order valence-corrected chi connectivity index (χ3v) is 6.69. The Labute approximate surface area is 198 Å². The molecule has 8 heteroatoms. The van der Waals surface area contributed by atoms with Crippen LogP contribution >= 0.6 is 0 Å². The van der Waals surface area contributed by atoms with Crippen LogP contribution in [0.5, 0.6) is 0 Å². The quantitative estimate of drug-likeness (QED) is 0.551. The maximum atomic E-state index is 12.7. The van der Waals surface area contributed by atoms with Gasteiger partial charge in [0.25, 0.3) is 0 Å². The van der Waals surface area contributed by atoms with E-state index in [2.05, 4.69) is 34.9 Å². The first kappa shape index (κ1) is 23.8. The average molecular weight is 467 g/mol. The van der Waals surface area contributed by atoms with Crippen LogP contribution in [0.3, 0.4) is 0 Å². The minimum absolute atomic E-state index is 0.0174. The van der Waals surface area contributed by atoms with Crippen molar-refractivity contribution in [1.82, 2.24) is 10.6 Å². The van der Waals surface area contributed by atoms with Crippen LogP contribution in [-0.2, 0) is 19.1 Å². The molecule has 2 aliphatic rings. The van der Waals surface area contributed by atoms with Crippen LogP contribution in [0.4, 0.5) is 4.79 Å². The number of ether oxygens (including phenoxy) is 2. The van der Waals surface area contributed by atoms with Gasteiger partial charge in [0, 0.05) is 17.9 Å². The van der Waals surface area contributed by atoms with Gasteiger partial charge < -0.3 is 25.2 Å². The Hall–Kier alpha value is -3.39. The van der Waals surface area contributed by atoms with E-state index in [1.54, 1.807) is 13.8 Å². The number of amides is 2. The molecule has 2 amide bonds. The van der Waals surface area contributed by atoms with Crippen LogP contribution < -0.4 is 10.6 Å². The van der Waals surface area contributed by atoms with Gasteiger partial charge in [0.1, 0.15) is 12.5 Å². The predicted molar refractivity (Wildman–Crippen MR) is 125 cm³/mol. The van der Waals surface area contributed by atoms with Crippen molar-refractivity contribution in [2.24, 2.45) is 11.3 Å². The number of carboxylic acid groups (broad SMARTS) is 1. The number of aliphatic carboxylic acids is 1. The Balaban J connectivity index is 1.26. The van der Waals surface area contributed by atoms with Crippen molar-refractivity contribution >= 4 is 18.0 Å². The summed E-state index contributed by atoms with van der Waals surface area (Å²) in [6, 6.07) is 15.7. The second kappa shape index (κ2) is 9.85. The van der Waals surface area contributed by atoms with Crippen molar-refractivity contribution in [3.63, 3.8) is 0 Å². The number of hydrogen-bond acceptors (Lipinski definition) is 5. The second-order valence-electron chi connectivity index (χ2n) is 9.45. The average Bonchev–Trinajstić information content (AvgIpc) is 3.40. The Morgan fingerprint density at radius 2 is 1.65 bits per heavy atom. The standard InChI is InChI=1S/C26H30N2O6/c1-26(2,24(31)28-22-15-33-13-21(22)23(29)30)11-12-27-25(32)34-14-20-18-9-5-3-7-16(18)17-8-4-6-10-19(17)20/h3-10,20-22H,11-15H2,1-2H3,(H,27,32)(H,28,31)(H,29,30). The molecule has 0 radical (unpaired) electrons. The third kappa shape index (κ3) is 4.92. The van der Waals surface area contributed by atoms with Gasteiger partial charge in [-0.25, -0.2) is 4.79 Å². The van der Waals surface area contributed by atoms with Crippen LogP contribution in [0.25, 0.3) is 11.1 Å². The fourth-order valence-electron chi connectivity index (χ4n) is 4.54. The van der Waals surface area contributed by atoms with E-state index in [4.69, 9.17) is 9.47 Å². The van der Waals surface area contributed by atoms with Gasteiger partial charge >= 0.3 is 12.1 Å². The molecule has 4 rings (SSSR count). The zero-order valence-corrected chi connectivity index (χ0v) is 19.4. The number of benzene rings is 2. The van der Waals surface area contributed by atoms with Gasteiger partial charge in [-0.2, -0.15) is 0 Å². The smallest absolute Gasteiger partial charge is 0.407 e. The molecule has 2 aromatic rings. The Morgan fingerprint density at radius 1 is 1.03 bits per heavy atom. The Bertz CT molecular complexity index is 1040. The van der Waals surface area contributed by atoms with Gasteiger partial charge in [0.2, 0.25) is 5.91 Å². The molecule has 0 saturated carbocycles. The SMILES string of the molecule is CC(C)(CCNC(=O)OCC1c2ccccc2-c2ccccc21)C(=O)NC1COCC1C(=O)O. The predicted octanol–water partition coefficient (Wildman–Crippen LogP) is 3.16. The zero-order chi connectivity index (χ0) is 24.3. The van der Waals surface area contributed by atoms with Crippen LogP contribution in [0, 0.1) is 11.3 Å². The molecule has 2 unspecified atom stereocenters. The molecule has 2 atom stereocenters. The first-order valence-electron chi connectivity index (χ1n) is 11.5. The summed E-state index contributed by atoms with van der Waals surface area (Å²) in [7, 11) is 0. The lowest BCUT2D eigenvalue weighted by Crippen LogP contribution is -2.48. The molecule has 8 nitrogen and oxygen atoms in total. The maximum absolute atomic E-state index is 12.7. The van der Waals surface area contributed by atoms with E-state index < -0.39 is 29.4 Å². The molecule has 1 heterocycles. The number of hydrogen-bond donors (Lipinski definition) is 3. The minimum atomic E-state index is -0.988. The highest BCUT2D eigenvalue weighted by molar-refractivity contribution is 5.83. The van der Waals surface area contributed by atoms with E-state index in [1.165, 1.54) is 0 Å². The molecule has 1 fully saturated rings. The molecular formula is C26H30N2O6. The zero-order valence-electron chi connectivity index (χ0n) is 19.4. The van der Waals surface area contributed by atoms with Gasteiger partial charge in [-0.1, -0.05) is 62.4 Å². The van der Waals surface area contributed by atoms with E-state index in [0.717, 1.165) is 22.3 Å². The van der Waals surface area contributed by atoms with Crippen LogP contribution in [0.15, 0.2) is 48.5 Å². The number of carbonyl (C=O) groups is 3. The van der Waals surface area contributed by atoms with E-state index >= 15 is 0 Å². The summed E-state index contributed by atoms with van der Waals surface area (Å²) < 4.78 is 10.7. The summed E-state index contributed by atoms with van der Waals surface area (Å²) in [4.78, 5) is 36.3. The van der Waals surface area contributed by atoms with E-state index in [1.807, 2.05) is 24.3 Å². The number of fused-ring (bicyclic) bond motifs is 3. The van der Waals surface area contributed by atoms with Crippen molar-refractivity contribution in [2.75, 3.05) is 26.4 Å². The highest BCUT2D eigenvalue weighted by atomic mass is 16.5. The molecule has 34 heavy (non-hydrogen) atoms. The second-order valence-corrected chi connectivity index (χ2v) is 9.45. The van der Waals surface area contributed by atoms with Gasteiger partial charge in [0.05, 0.1) is 19.3 Å². The number of alkyl carbamates (subject to hydrolysis) is 1. The topological polar surface area (TPSA) is 114 Å². The van der Waals surface area contributed by atoms with Gasteiger partial charge in [-0.15, -0.1) is 0 Å². The number of rotatable bonds is 8. The molecule has 1 saturated heterocycles. The minimum Gasteiger partial charge on any atom is -0.481 e. The molecule has 3 N–H and O–H groups in total. The fourth-order valence-corrected chi connectivity index (χ4v) is 4.54. The lowest BCUT2D eigenvalue weighted by molar-refractivity contribution is -0.142. The number of carbonyl (C=O) groups excluding carboxylic acids is 2. The van der Waals surface area contributed by atoms with Crippen LogP contribution in [0.1, 0.15) is 37.3 Å². The van der Waals surface area contributed by atoms with Crippen LogP contribution in [0.2, 0.25) is 0 Å². The lowest BCUT2D eigenvalue weighted by Gasteiger charge is -2.26. The number of nitrogens with one attached hydrogen (secondary N) is 2. The summed E-state index contributed by atoms with van der Waals surface area (Å²) >= 11 is 0. The van der Waals surface area contributed by atoms with Crippen molar-refractivity contribution in [2.45, 2.75) is 32.2 Å². The van der Waals surface area contributed by atoms with Crippen molar-refractivity contribution in [3.8, 4) is 11.1 Å².